The third kappa shape index (κ3) is 3.20. The van der Waals surface area contributed by atoms with Crippen molar-refractivity contribution in [2.24, 2.45) is 0 Å². The van der Waals surface area contributed by atoms with Crippen LogP contribution in [0.2, 0.25) is 0 Å². The van der Waals surface area contributed by atoms with Crippen molar-refractivity contribution >= 4 is 5.91 Å². The first kappa shape index (κ1) is 15.6. The molecule has 7 heteroatoms. The van der Waals surface area contributed by atoms with Gasteiger partial charge in [0.2, 0.25) is 5.89 Å². The molecular formula is C18H18N4O3. The van der Waals surface area contributed by atoms with Gasteiger partial charge in [-0.1, -0.05) is 17.3 Å². The maximum absolute atomic E-state index is 12.6. The molecule has 1 amide bonds. The van der Waals surface area contributed by atoms with E-state index < -0.39 is 0 Å². The van der Waals surface area contributed by atoms with Crippen LogP contribution in [0.15, 0.2) is 28.8 Å². The Balaban J connectivity index is 1.42. The average Bonchev–Trinajstić information content (AvgIpc) is 3.18. The van der Waals surface area contributed by atoms with Crippen LogP contribution >= 0.6 is 0 Å². The molecule has 2 heterocycles. The van der Waals surface area contributed by atoms with Gasteiger partial charge in [-0.3, -0.25) is 4.79 Å². The minimum atomic E-state index is -0.154. The molecule has 25 heavy (non-hydrogen) atoms. The van der Waals surface area contributed by atoms with Crippen molar-refractivity contribution < 1.29 is 14.1 Å². The fraction of sp³-hybridized carbons (Fsp3) is 0.444. The standard InChI is InChI=1S/C18H18N4O3/c19-10-13-4-1-2-6-15(13)24-11-16(23)22-9-3-5-14(22)17-20-18(25-21-17)12-7-8-12/h1-2,4,6,12,14H,3,5,7-9,11H2/t14-/m0/s1. The van der Waals surface area contributed by atoms with Crippen LogP contribution in [0.25, 0.3) is 0 Å². The predicted molar refractivity (Wildman–Crippen MR) is 86.6 cm³/mol. The zero-order valence-electron chi connectivity index (χ0n) is 13.7. The molecule has 128 valence electrons. The summed E-state index contributed by atoms with van der Waals surface area (Å²) in [5.41, 5.74) is 0.417. The molecule has 0 N–H and O–H groups in total. The first-order valence-electron chi connectivity index (χ1n) is 8.51. The van der Waals surface area contributed by atoms with E-state index in [9.17, 15) is 4.79 Å². The summed E-state index contributed by atoms with van der Waals surface area (Å²) < 4.78 is 10.9. The molecular weight excluding hydrogens is 320 g/mol. The molecule has 0 unspecified atom stereocenters. The Kier molecular flexibility index (Phi) is 4.10. The van der Waals surface area contributed by atoms with E-state index in [2.05, 4.69) is 16.2 Å². The normalized spacial score (nSPS) is 19.6. The number of hydrogen-bond acceptors (Lipinski definition) is 6. The number of para-hydroxylation sites is 1. The Morgan fingerprint density at radius 1 is 1.36 bits per heavy atom. The van der Waals surface area contributed by atoms with Gasteiger partial charge >= 0.3 is 0 Å². The van der Waals surface area contributed by atoms with Crippen LogP contribution in [0, 0.1) is 11.3 Å². The van der Waals surface area contributed by atoms with Gasteiger partial charge in [-0.15, -0.1) is 0 Å². The molecule has 2 aromatic rings. The molecule has 0 spiro atoms. The van der Waals surface area contributed by atoms with Gasteiger partial charge in [0.05, 0.1) is 11.6 Å². The third-order valence-electron chi connectivity index (χ3n) is 4.61. The Labute approximate surface area is 145 Å². The molecule has 1 aromatic carbocycles. The van der Waals surface area contributed by atoms with E-state index in [1.54, 1.807) is 29.2 Å². The summed E-state index contributed by atoms with van der Waals surface area (Å²) in [5, 5.41) is 13.2. The fourth-order valence-corrected chi connectivity index (χ4v) is 3.12. The van der Waals surface area contributed by atoms with Gasteiger partial charge < -0.3 is 14.2 Å². The topological polar surface area (TPSA) is 92.2 Å². The number of carbonyl (C=O) groups excluding carboxylic acids is 1. The van der Waals surface area contributed by atoms with E-state index in [1.807, 2.05) is 0 Å². The smallest absolute Gasteiger partial charge is 0.261 e. The van der Waals surface area contributed by atoms with E-state index in [1.165, 1.54) is 0 Å². The molecule has 0 radical (unpaired) electrons. The van der Waals surface area contributed by atoms with Gasteiger partial charge in [0.1, 0.15) is 11.8 Å². The highest BCUT2D eigenvalue weighted by Crippen LogP contribution is 2.40. The van der Waals surface area contributed by atoms with E-state index >= 15 is 0 Å². The Morgan fingerprint density at radius 3 is 3.00 bits per heavy atom. The summed E-state index contributed by atoms with van der Waals surface area (Å²) in [7, 11) is 0. The zero-order valence-corrected chi connectivity index (χ0v) is 13.7. The lowest BCUT2D eigenvalue weighted by Crippen LogP contribution is -2.35. The summed E-state index contributed by atoms with van der Waals surface area (Å²) in [5.74, 6) is 1.97. The summed E-state index contributed by atoms with van der Waals surface area (Å²) in [6.07, 6.45) is 3.92. The van der Waals surface area contributed by atoms with Gasteiger partial charge in [0, 0.05) is 12.5 Å². The monoisotopic (exact) mass is 338 g/mol. The highest BCUT2D eigenvalue weighted by atomic mass is 16.5. The number of likely N-dealkylation sites (tertiary alicyclic amines) is 1. The van der Waals surface area contributed by atoms with Crippen LogP contribution in [0.1, 0.15) is 54.9 Å². The quantitative estimate of drug-likeness (QED) is 0.832. The molecule has 1 saturated heterocycles. The highest BCUT2D eigenvalue weighted by Gasteiger charge is 2.36. The van der Waals surface area contributed by atoms with Crippen molar-refractivity contribution in [3.8, 4) is 11.8 Å². The van der Waals surface area contributed by atoms with Crippen LogP contribution < -0.4 is 4.74 Å². The molecule has 7 nitrogen and oxygen atoms in total. The maximum Gasteiger partial charge on any atom is 0.261 e. The number of hydrogen-bond donors (Lipinski definition) is 0. The summed E-state index contributed by atoms with van der Waals surface area (Å²) >= 11 is 0. The Hall–Kier alpha value is -2.88. The van der Waals surface area contributed by atoms with Crippen molar-refractivity contribution in [3.05, 3.63) is 41.5 Å². The molecule has 1 saturated carbocycles. The average molecular weight is 338 g/mol. The first-order chi connectivity index (χ1) is 12.3. The number of aromatic nitrogens is 2. The molecule has 2 aliphatic rings. The Morgan fingerprint density at radius 2 is 2.20 bits per heavy atom. The van der Waals surface area contributed by atoms with Gasteiger partial charge in [0.15, 0.2) is 12.4 Å². The Bertz CT molecular complexity index is 822. The predicted octanol–water partition coefficient (Wildman–Crippen LogP) is 2.56. The molecule has 0 bridgehead atoms. The molecule has 1 atom stereocenters. The lowest BCUT2D eigenvalue weighted by Gasteiger charge is -2.22. The molecule has 1 aliphatic carbocycles. The van der Waals surface area contributed by atoms with Crippen molar-refractivity contribution in [2.45, 2.75) is 37.6 Å². The van der Waals surface area contributed by atoms with Crippen LogP contribution in [0.5, 0.6) is 5.75 Å². The van der Waals surface area contributed by atoms with E-state index in [-0.39, 0.29) is 18.6 Å². The SMILES string of the molecule is N#Cc1ccccc1OCC(=O)N1CCC[C@H]1c1noc(C2CC2)n1. The fourth-order valence-electron chi connectivity index (χ4n) is 3.12. The number of rotatable bonds is 5. The molecule has 4 rings (SSSR count). The summed E-state index contributed by atoms with van der Waals surface area (Å²) in [6, 6.07) is 8.80. The first-order valence-corrected chi connectivity index (χ1v) is 8.51. The number of nitriles is 1. The third-order valence-corrected chi connectivity index (χ3v) is 4.61. The maximum atomic E-state index is 12.6. The molecule has 2 fully saturated rings. The van der Waals surface area contributed by atoms with Crippen LogP contribution in [0.4, 0.5) is 0 Å². The van der Waals surface area contributed by atoms with Crippen LogP contribution in [-0.2, 0) is 4.79 Å². The van der Waals surface area contributed by atoms with Crippen molar-refractivity contribution in [3.63, 3.8) is 0 Å². The van der Waals surface area contributed by atoms with Gasteiger partial charge in [-0.25, -0.2) is 0 Å². The van der Waals surface area contributed by atoms with E-state index in [4.69, 9.17) is 14.5 Å². The largest absolute Gasteiger partial charge is 0.482 e. The number of nitrogens with zero attached hydrogens (tertiary/aromatic N) is 4. The lowest BCUT2D eigenvalue weighted by molar-refractivity contribution is -0.134. The second kappa shape index (κ2) is 6.55. The van der Waals surface area contributed by atoms with Crippen molar-refractivity contribution in [1.82, 2.24) is 15.0 Å². The number of ether oxygens (including phenoxy) is 1. The summed E-state index contributed by atoms with van der Waals surface area (Å²) in [6.45, 7) is 0.544. The molecule has 1 aromatic heterocycles. The minimum Gasteiger partial charge on any atom is -0.482 e. The van der Waals surface area contributed by atoms with Crippen molar-refractivity contribution in [2.75, 3.05) is 13.2 Å². The summed E-state index contributed by atoms with van der Waals surface area (Å²) in [4.78, 5) is 18.8. The zero-order chi connectivity index (χ0) is 17.2. The van der Waals surface area contributed by atoms with Gasteiger partial charge in [-0.05, 0) is 37.8 Å². The second-order valence-corrected chi connectivity index (χ2v) is 6.41. The molecule has 1 aliphatic heterocycles. The van der Waals surface area contributed by atoms with Crippen LogP contribution in [-0.4, -0.2) is 34.1 Å². The number of benzene rings is 1. The van der Waals surface area contributed by atoms with E-state index in [0.29, 0.717) is 35.5 Å². The van der Waals surface area contributed by atoms with E-state index in [0.717, 1.165) is 25.7 Å². The highest BCUT2D eigenvalue weighted by molar-refractivity contribution is 5.78. The minimum absolute atomic E-state index is 0.109. The van der Waals surface area contributed by atoms with Gasteiger partial charge in [-0.2, -0.15) is 10.2 Å². The lowest BCUT2D eigenvalue weighted by atomic mass is 10.2. The number of amides is 1. The number of carbonyl (C=O) groups is 1. The van der Waals surface area contributed by atoms with Crippen molar-refractivity contribution in [1.29, 1.82) is 5.26 Å². The van der Waals surface area contributed by atoms with Gasteiger partial charge in [0.25, 0.3) is 5.91 Å². The van der Waals surface area contributed by atoms with Crippen LogP contribution in [0.3, 0.4) is 0 Å². The second-order valence-electron chi connectivity index (χ2n) is 6.41.